The first-order chi connectivity index (χ1) is 17.3. The van der Waals surface area contributed by atoms with Crippen molar-refractivity contribution < 1.29 is 4.42 Å². The van der Waals surface area contributed by atoms with Gasteiger partial charge in [0.2, 0.25) is 0 Å². The van der Waals surface area contributed by atoms with Gasteiger partial charge < -0.3 is 4.42 Å². The van der Waals surface area contributed by atoms with E-state index in [1.165, 1.54) is 38.4 Å². The van der Waals surface area contributed by atoms with Crippen LogP contribution in [0, 0.1) is 5.92 Å². The molecule has 0 aliphatic rings. The Morgan fingerprint density at radius 2 is 1.64 bits per heavy atom. The van der Waals surface area contributed by atoms with Crippen LogP contribution in [-0.4, -0.2) is 4.98 Å². The van der Waals surface area contributed by atoms with E-state index in [-0.39, 0.29) is 5.41 Å². The van der Waals surface area contributed by atoms with Gasteiger partial charge in [0.1, 0.15) is 16.2 Å². The van der Waals surface area contributed by atoms with Crippen LogP contribution >= 0.6 is 11.3 Å². The minimum absolute atomic E-state index is 0.0332. The Morgan fingerprint density at radius 3 is 2.44 bits per heavy atom. The Bertz CT molecular complexity index is 1730. The van der Waals surface area contributed by atoms with E-state index in [4.69, 9.17) is 9.40 Å². The fourth-order valence-electron chi connectivity index (χ4n) is 5.18. The van der Waals surface area contributed by atoms with Crippen molar-refractivity contribution in [2.45, 2.75) is 46.5 Å². The lowest BCUT2D eigenvalue weighted by Gasteiger charge is -2.23. The van der Waals surface area contributed by atoms with Crippen LogP contribution in [0.25, 0.3) is 54.3 Å². The van der Waals surface area contributed by atoms with E-state index in [9.17, 15) is 0 Å². The van der Waals surface area contributed by atoms with E-state index in [1.807, 2.05) is 0 Å². The highest BCUT2D eigenvalue weighted by molar-refractivity contribution is 7.16. The van der Waals surface area contributed by atoms with Gasteiger partial charge in [0.15, 0.2) is 0 Å². The monoisotopic (exact) mass is 489 g/mol. The van der Waals surface area contributed by atoms with Gasteiger partial charge in [-0.3, -0.25) is 0 Å². The minimum atomic E-state index is 0.0332. The topological polar surface area (TPSA) is 26.0 Å². The van der Waals surface area contributed by atoms with Gasteiger partial charge in [0.25, 0.3) is 0 Å². The second-order valence-corrected chi connectivity index (χ2v) is 12.1. The molecule has 3 aromatic heterocycles. The van der Waals surface area contributed by atoms with Crippen LogP contribution in [0.3, 0.4) is 0 Å². The number of fused-ring (bicyclic) bond motifs is 3. The molecular formula is C33H31NOS. The molecule has 0 atom stereocenters. The Kier molecular flexibility index (Phi) is 5.49. The van der Waals surface area contributed by atoms with Crippen LogP contribution in [0.1, 0.15) is 45.9 Å². The average molecular weight is 490 g/mol. The van der Waals surface area contributed by atoms with Crippen molar-refractivity contribution in [3.05, 3.63) is 89.5 Å². The SMILES string of the molecule is CC(C)Cc1cc2cc(-c3cc(-c4cc(C(C)(C)C)c5ccccc5c4)nc4sccc34)ccc2o1. The van der Waals surface area contributed by atoms with Gasteiger partial charge in [-0.15, -0.1) is 11.3 Å². The number of hydrogen-bond donors (Lipinski definition) is 0. The number of benzene rings is 3. The summed E-state index contributed by atoms with van der Waals surface area (Å²) < 4.78 is 6.11. The molecule has 0 aliphatic heterocycles. The lowest BCUT2D eigenvalue weighted by atomic mass is 9.82. The third-order valence-electron chi connectivity index (χ3n) is 6.89. The first kappa shape index (κ1) is 23.0. The molecule has 0 unspecified atom stereocenters. The van der Waals surface area contributed by atoms with E-state index in [2.05, 4.69) is 113 Å². The largest absolute Gasteiger partial charge is 0.461 e. The van der Waals surface area contributed by atoms with E-state index in [1.54, 1.807) is 11.3 Å². The summed E-state index contributed by atoms with van der Waals surface area (Å²) in [6.45, 7) is 11.3. The Hall–Kier alpha value is -3.43. The van der Waals surface area contributed by atoms with E-state index < -0.39 is 0 Å². The summed E-state index contributed by atoms with van der Waals surface area (Å²) in [5.74, 6) is 1.62. The number of aromatic nitrogens is 1. The molecule has 0 amide bonds. The van der Waals surface area contributed by atoms with Crippen LogP contribution < -0.4 is 0 Å². The first-order valence-corrected chi connectivity index (χ1v) is 13.6. The Labute approximate surface area is 216 Å². The summed E-state index contributed by atoms with van der Waals surface area (Å²) in [5, 5.41) is 7.07. The van der Waals surface area contributed by atoms with Gasteiger partial charge in [-0.2, -0.15) is 0 Å². The number of furan rings is 1. The summed E-state index contributed by atoms with van der Waals surface area (Å²) in [7, 11) is 0. The van der Waals surface area contributed by atoms with Gasteiger partial charge in [0.05, 0.1) is 5.69 Å². The molecule has 0 saturated carbocycles. The molecule has 3 aromatic carbocycles. The maximum Gasteiger partial charge on any atom is 0.134 e. The molecule has 6 aromatic rings. The molecular weight excluding hydrogens is 458 g/mol. The Balaban J connectivity index is 1.54. The molecule has 0 bridgehead atoms. The second kappa shape index (κ2) is 8.60. The van der Waals surface area contributed by atoms with Gasteiger partial charge in [-0.1, -0.05) is 65.0 Å². The number of thiophene rings is 1. The van der Waals surface area contributed by atoms with Gasteiger partial charge >= 0.3 is 0 Å². The zero-order valence-corrected chi connectivity index (χ0v) is 22.4. The molecule has 36 heavy (non-hydrogen) atoms. The average Bonchev–Trinajstić information content (AvgIpc) is 3.47. The highest BCUT2D eigenvalue weighted by Crippen LogP contribution is 2.39. The second-order valence-electron chi connectivity index (χ2n) is 11.3. The van der Waals surface area contributed by atoms with Crippen molar-refractivity contribution in [2.75, 3.05) is 0 Å². The van der Waals surface area contributed by atoms with Crippen molar-refractivity contribution in [1.82, 2.24) is 4.98 Å². The van der Waals surface area contributed by atoms with Crippen LogP contribution in [-0.2, 0) is 11.8 Å². The molecule has 0 spiro atoms. The van der Waals surface area contributed by atoms with Crippen LogP contribution in [0.2, 0.25) is 0 Å². The van der Waals surface area contributed by atoms with Crippen molar-refractivity contribution >= 4 is 43.3 Å². The first-order valence-electron chi connectivity index (χ1n) is 12.7. The van der Waals surface area contributed by atoms with Crippen LogP contribution in [0.5, 0.6) is 0 Å². The van der Waals surface area contributed by atoms with Crippen molar-refractivity contribution in [3.8, 4) is 22.4 Å². The maximum atomic E-state index is 6.11. The fourth-order valence-corrected chi connectivity index (χ4v) is 5.97. The van der Waals surface area contributed by atoms with E-state index in [0.717, 1.165) is 33.7 Å². The molecule has 6 rings (SSSR count). The molecule has 2 nitrogen and oxygen atoms in total. The predicted octanol–water partition coefficient (Wildman–Crippen LogP) is 10.0. The summed E-state index contributed by atoms with van der Waals surface area (Å²) in [5.41, 5.74) is 6.93. The zero-order chi connectivity index (χ0) is 25.0. The predicted molar refractivity (Wildman–Crippen MR) is 155 cm³/mol. The third kappa shape index (κ3) is 4.12. The molecule has 0 fully saturated rings. The van der Waals surface area contributed by atoms with Gasteiger partial charge in [-0.05, 0) is 86.6 Å². The van der Waals surface area contributed by atoms with Crippen molar-refractivity contribution in [3.63, 3.8) is 0 Å². The zero-order valence-electron chi connectivity index (χ0n) is 21.6. The fraction of sp³-hybridized carbons (Fsp3) is 0.242. The normalized spacial score (nSPS) is 12.4. The lowest BCUT2D eigenvalue weighted by molar-refractivity contribution is 0.500. The molecule has 3 heteroatoms. The summed E-state index contributed by atoms with van der Waals surface area (Å²) in [6.07, 6.45) is 0.955. The number of pyridine rings is 1. The maximum absolute atomic E-state index is 6.11. The smallest absolute Gasteiger partial charge is 0.134 e. The molecule has 3 heterocycles. The van der Waals surface area contributed by atoms with E-state index >= 15 is 0 Å². The standard InChI is InChI=1S/C33H31NOS/c1-20(2)14-25-17-24-16-22(10-11-31(24)35-25)28-19-30(34-32-27(28)12-13-36-32)23-15-21-8-6-7-9-26(21)29(18-23)33(3,4)5/h6-13,15-20H,14H2,1-5H3. The molecule has 0 saturated heterocycles. The van der Waals surface area contributed by atoms with Crippen LogP contribution in [0.4, 0.5) is 0 Å². The lowest BCUT2D eigenvalue weighted by Crippen LogP contribution is -2.12. The van der Waals surface area contributed by atoms with Crippen molar-refractivity contribution in [2.24, 2.45) is 5.92 Å². The van der Waals surface area contributed by atoms with Crippen molar-refractivity contribution in [1.29, 1.82) is 0 Å². The van der Waals surface area contributed by atoms with E-state index in [0.29, 0.717) is 5.92 Å². The third-order valence-corrected chi connectivity index (χ3v) is 7.70. The molecule has 0 aliphatic carbocycles. The summed E-state index contributed by atoms with van der Waals surface area (Å²) in [6, 6.07) is 26.5. The molecule has 0 N–H and O–H groups in total. The molecule has 180 valence electrons. The number of rotatable bonds is 4. The highest BCUT2D eigenvalue weighted by Gasteiger charge is 2.20. The van der Waals surface area contributed by atoms with Crippen LogP contribution in [0.15, 0.2) is 82.6 Å². The number of nitrogens with zero attached hydrogens (tertiary/aromatic N) is 1. The molecule has 0 radical (unpaired) electrons. The Morgan fingerprint density at radius 1 is 0.833 bits per heavy atom. The van der Waals surface area contributed by atoms with Gasteiger partial charge in [-0.25, -0.2) is 4.98 Å². The summed E-state index contributed by atoms with van der Waals surface area (Å²) in [4.78, 5) is 6.19. The number of hydrogen-bond acceptors (Lipinski definition) is 3. The van der Waals surface area contributed by atoms with Gasteiger partial charge in [0, 0.05) is 22.8 Å². The minimum Gasteiger partial charge on any atom is -0.461 e. The highest BCUT2D eigenvalue weighted by atomic mass is 32.1. The quantitative estimate of drug-likeness (QED) is 0.246. The summed E-state index contributed by atoms with van der Waals surface area (Å²) >= 11 is 1.70.